The molecular weight excluding hydrogens is 471 g/mol. The van der Waals surface area contributed by atoms with Crippen LogP contribution < -0.4 is 16.0 Å². The molecule has 3 N–H and O–H groups in total. The monoisotopic (exact) mass is 494 g/mol. The van der Waals surface area contributed by atoms with Gasteiger partial charge in [-0.15, -0.1) is 0 Å². The van der Waals surface area contributed by atoms with Gasteiger partial charge in [0.1, 0.15) is 5.15 Å². The molecule has 2 amide bonds. The summed E-state index contributed by atoms with van der Waals surface area (Å²) < 4.78 is 0. The average Bonchev–Trinajstić information content (AvgIpc) is 3.27. The molecule has 0 aliphatic carbocycles. The molecule has 1 aromatic heterocycles. The lowest BCUT2D eigenvalue weighted by molar-refractivity contribution is 0.255. The predicted molar refractivity (Wildman–Crippen MR) is 136 cm³/mol. The summed E-state index contributed by atoms with van der Waals surface area (Å²) >= 11 is 11.9. The maximum atomic E-state index is 13.2. The Kier molecular flexibility index (Phi) is 7.66. The lowest BCUT2D eigenvalue weighted by atomic mass is 10.0. The number of nitriles is 1. The van der Waals surface area contributed by atoms with E-state index in [1.165, 1.54) is 6.20 Å². The second kappa shape index (κ2) is 10.9. The van der Waals surface area contributed by atoms with Crippen molar-refractivity contribution in [1.29, 1.82) is 5.26 Å². The van der Waals surface area contributed by atoms with E-state index in [0.717, 1.165) is 36.3 Å². The number of rotatable bonds is 6. The number of halogens is 2. The fourth-order valence-electron chi connectivity index (χ4n) is 3.94. The van der Waals surface area contributed by atoms with Crippen LogP contribution in [0.2, 0.25) is 10.2 Å². The van der Waals surface area contributed by atoms with Gasteiger partial charge in [0.25, 0.3) is 0 Å². The van der Waals surface area contributed by atoms with Gasteiger partial charge in [-0.05, 0) is 54.4 Å². The van der Waals surface area contributed by atoms with Gasteiger partial charge in [-0.1, -0.05) is 47.5 Å². The van der Waals surface area contributed by atoms with Gasteiger partial charge in [-0.3, -0.25) is 9.80 Å². The van der Waals surface area contributed by atoms with Crippen molar-refractivity contribution in [3.8, 4) is 17.2 Å². The second-order valence-corrected chi connectivity index (χ2v) is 8.93. The number of urea groups is 1. The Morgan fingerprint density at radius 3 is 2.68 bits per heavy atom. The van der Waals surface area contributed by atoms with Crippen LogP contribution in [0.15, 0.2) is 60.8 Å². The first-order valence-electron chi connectivity index (χ1n) is 10.9. The van der Waals surface area contributed by atoms with E-state index in [4.69, 9.17) is 28.9 Å². The van der Waals surface area contributed by atoms with E-state index in [9.17, 15) is 10.1 Å². The molecule has 9 heteroatoms. The van der Waals surface area contributed by atoms with Crippen LogP contribution in [-0.4, -0.2) is 48.1 Å². The number of nitrogens with two attached hydrogens (primary N) is 1. The molecule has 3 aromatic rings. The highest BCUT2D eigenvalue weighted by Gasteiger charge is 2.22. The number of amides is 2. The van der Waals surface area contributed by atoms with Crippen LogP contribution in [0, 0.1) is 11.3 Å². The number of nitrogens with one attached hydrogen (secondary N) is 1. The lowest BCUT2D eigenvalue weighted by Gasteiger charge is -2.26. The van der Waals surface area contributed by atoms with Crippen LogP contribution in [-0.2, 0) is 0 Å². The largest absolute Gasteiger partial charge is 0.326 e. The number of hydrogen-bond donors (Lipinski definition) is 2. The Morgan fingerprint density at radius 2 is 2.00 bits per heavy atom. The van der Waals surface area contributed by atoms with Crippen LogP contribution >= 0.6 is 23.2 Å². The van der Waals surface area contributed by atoms with Crippen molar-refractivity contribution in [2.24, 2.45) is 5.73 Å². The zero-order valence-corrected chi connectivity index (χ0v) is 19.9. The molecule has 1 fully saturated rings. The van der Waals surface area contributed by atoms with Gasteiger partial charge in [0, 0.05) is 31.4 Å². The highest BCUT2D eigenvalue weighted by molar-refractivity contribution is 6.41. The number of pyridine rings is 1. The van der Waals surface area contributed by atoms with Crippen molar-refractivity contribution < 1.29 is 4.79 Å². The minimum Gasteiger partial charge on any atom is -0.326 e. The molecule has 0 radical (unpaired) electrons. The number of carbonyl (C=O) groups excluding carboxylic acids is 1. The standard InChI is InChI=1S/C25H24Cl2N6O/c26-23-13-21(15-30-24(23)27)31-25(34)33(11-10-32-9-8-20(29)16-32)22-6-4-18(5-7-22)19-3-1-2-17(12-19)14-28/h1-7,12-13,15,20H,8-11,16,29H2,(H,31,34). The number of aromatic nitrogens is 1. The Hall–Kier alpha value is -3.15. The van der Waals surface area contributed by atoms with Crippen LogP contribution in [0.4, 0.5) is 16.2 Å². The smallest absolute Gasteiger partial charge is 0.326 e. The molecule has 0 saturated carbocycles. The summed E-state index contributed by atoms with van der Waals surface area (Å²) in [6.07, 6.45) is 2.42. The van der Waals surface area contributed by atoms with Crippen LogP contribution in [0.25, 0.3) is 11.1 Å². The Bertz CT molecular complexity index is 1210. The van der Waals surface area contributed by atoms with Crippen molar-refractivity contribution in [3.63, 3.8) is 0 Å². The van der Waals surface area contributed by atoms with Gasteiger partial charge in [-0.25, -0.2) is 9.78 Å². The average molecular weight is 495 g/mol. The molecule has 1 aliphatic heterocycles. The summed E-state index contributed by atoms with van der Waals surface area (Å²) in [5, 5.41) is 12.5. The molecule has 7 nitrogen and oxygen atoms in total. The molecule has 174 valence electrons. The summed E-state index contributed by atoms with van der Waals surface area (Å²) in [6, 6.07) is 18.7. The molecule has 1 aliphatic rings. The number of benzene rings is 2. The number of hydrogen-bond acceptors (Lipinski definition) is 5. The van der Waals surface area contributed by atoms with Crippen molar-refractivity contribution in [2.75, 3.05) is 36.4 Å². The third kappa shape index (κ3) is 5.85. The molecule has 34 heavy (non-hydrogen) atoms. The van der Waals surface area contributed by atoms with Crippen LogP contribution in [0.1, 0.15) is 12.0 Å². The van der Waals surface area contributed by atoms with E-state index in [-0.39, 0.29) is 22.2 Å². The van der Waals surface area contributed by atoms with Gasteiger partial charge < -0.3 is 11.1 Å². The molecule has 1 unspecified atom stereocenters. The summed E-state index contributed by atoms with van der Waals surface area (Å²) in [7, 11) is 0. The van der Waals surface area contributed by atoms with Gasteiger partial charge >= 0.3 is 6.03 Å². The van der Waals surface area contributed by atoms with E-state index in [1.807, 2.05) is 42.5 Å². The Labute approximate surface area is 208 Å². The van der Waals surface area contributed by atoms with Crippen molar-refractivity contribution in [2.45, 2.75) is 12.5 Å². The Morgan fingerprint density at radius 1 is 1.21 bits per heavy atom. The first-order chi connectivity index (χ1) is 16.4. The highest BCUT2D eigenvalue weighted by atomic mass is 35.5. The molecule has 2 aromatic carbocycles. The summed E-state index contributed by atoms with van der Waals surface area (Å²) in [6.45, 7) is 2.92. The summed E-state index contributed by atoms with van der Waals surface area (Å²) in [4.78, 5) is 21.2. The molecule has 1 atom stereocenters. The zero-order valence-electron chi connectivity index (χ0n) is 18.4. The molecule has 0 bridgehead atoms. The van der Waals surface area contributed by atoms with Crippen molar-refractivity contribution in [3.05, 3.63) is 76.5 Å². The number of likely N-dealkylation sites (tertiary alicyclic amines) is 1. The molecule has 4 rings (SSSR count). The quantitative estimate of drug-likeness (QED) is 0.469. The minimum atomic E-state index is -0.303. The SMILES string of the molecule is N#Cc1cccc(-c2ccc(N(CCN3CCC(N)C3)C(=O)Nc3cnc(Cl)c(Cl)c3)cc2)c1. The van der Waals surface area contributed by atoms with E-state index in [1.54, 1.807) is 17.0 Å². The van der Waals surface area contributed by atoms with E-state index in [2.05, 4.69) is 21.3 Å². The number of carbonyl (C=O) groups is 1. The third-order valence-electron chi connectivity index (χ3n) is 5.75. The highest BCUT2D eigenvalue weighted by Crippen LogP contribution is 2.26. The fraction of sp³-hybridized carbons (Fsp3) is 0.240. The summed E-state index contributed by atoms with van der Waals surface area (Å²) in [5.41, 5.74) is 9.74. The summed E-state index contributed by atoms with van der Waals surface area (Å²) in [5.74, 6) is 0. The van der Waals surface area contributed by atoms with Gasteiger partial charge in [0.2, 0.25) is 0 Å². The van der Waals surface area contributed by atoms with Crippen molar-refractivity contribution >= 4 is 40.6 Å². The van der Waals surface area contributed by atoms with Gasteiger partial charge in [-0.2, -0.15) is 5.26 Å². The molecular formula is C25H24Cl2N6O. The second-order valence-electron chi connectivity index (χ2n) is 8.17. The maximum Gasteiger partial charge on any atom is 0.326 e. The number of nitrogens with zero attached hydrogens (tertiary/aromatic N) is 4. The first kappa shape index (κ1) is 24.0. The van der Waals surface area contributed by atoms with E-state index < -0.39 is 0 Å². The molecule has 2 heterocycles. The van der Waals surface area contributed by atoms with Crippen LogP contribution in [0.5, 0.6) is 0 Å². The van der Waals surface area contributed by atoms with Crippen LogP contribution in [0.3, 0.4) is 0 Å². The fourth-order valence-corrected chi connectivity index (χ4v) is 4.21. The first-order valence-corrected chi connectivity index (χ1v) is 11.7. The van der Waals surface area contributed by atoms with E-state index >= 15 is 0 Å². The predicted octanol–water partition coefficient (Wildman–Crippen LogP) is 5.00. The number of anilines is 2. The third-order valence-corrected chi connectivity index (χ3v) is 6.43. The van der Waals surface area contributed by atoms with Gasteiger partial charge in [0.15, 0.2) is 0 Å². The topological polar surface area (TPSA) is 98.3 Å². The lowest BCUT2D eigenvalue weighted by Crippen LogP contribution is -2.41. The molecule has 0 spiro atoms. The maximum absolute atomic E-state index is 13.2. The Balaban J connectivity index is 1.55. The minimum absolute atomic E-state index is 0.174. The van der Waals surface area contributed by atoms with Gasteiger partial charge in [0.05, 0.1) is 28.5 Å². The van der Waals surface area contributed by atoms with E-state index in [0.29, 0.717) is 24.3 Å². The zero-order chi connectivity index (χ0) is 24.1. The van der Waals surface area contributed by atoms with Crippen molar-refractivity contribution in [1.82, 2.24) is 9.88 Å². The normalized spacial score (nSPS) is 15.6. The molecule has 1 saturated heterocycles.